The van der Waals surface area contributed by atoms with E-state index in [0.717, 1.165) is 80.7 Å². The summed E-state index contributed by atoms with van der Waals surface area (Å²) in [7, 11) is 0. The molecular weight excluding hydrogens is 769 g/mol. The van der Waals surface area contributed by atoms with Crippen LogP contribution in [-0.4, -0.2) is 50.2 Å². The van der Waals surface area contributed by atoms with Gasteiger partial charge in [-0.25, -0.2) is 24.7 Å². The highest BCUT2D eigenvalue weighted by atomic mass is 16.5. The van der Waals surface area contributed by atoms with Crippen LogP contribution < -0.4 is 21.7 Å². The molecule has 0 aliphatic heterocycles. The topological polar surface area (TPSA) is 140 Å². The van der Waals surface area contributed by atoms with Crippen LogP contribution in [-0.2, 0) is 24.2 Å². The van der Waals surface area contributed by atoms with Crippen LogP contribution in [0.25, 0.3) is 11.1 Å². The largest absolute Gasteiger partial charge is 0.445 e. The first-order chi connectivity index (χ1) is 30.5. The molecule has 10 heteroatoms. The lowest BCUT2D eigenvalue weighted by molar-refractivity contribution is 0.132. The van der Waals surface area contributed by atoms with Crippen LogP contribution >= 0.6 is 0 Å². The van der Waals surface area contributed by atoms with E-state index in [0.29, 0.717) is 29.9 Å². The summed E-state index contributed by atoms with van der Waals surface area (Å²) in [6.45, 7) is 0.282. The lowest BCUT2D eigenvalue weighted by Gasteiger charge is -2.30. The van der Waals surface area contributed by atoms with Crippen molar-refractivity contribution >= 4 is 29.1 Å². The highest BCUT2D eigenvalue weighted by Gasteiger charge is 2.33. The number of anilines is 2. The number of amides is 1. The van der Waals surface area contributed by atoms with Gasteiger partial charge in [-0.3, -0.25) is 0 Å². The van der Waals surface area contributed by atoms with Crippen LogP contribution in [0.2, 0.25) is 0 Å². The molecule has 62 heavy (non-hydrogen) atoms. The van der Waals surface area contributed by atoms with Crippen molar-refractivity contribution in [1.29, 1.82) is 0 Å². The minimum atomic E-state index is -0.358. The summed E-state index contributed by atoms with van der Waals surface area (Å²) in [5.41, 5.74) is 19.8. The van der Waals surface area contributed by atoms with Gasteiger partial charge in [0.05, 0.1) is 11.4 Å². The number of nitrogens with two attached hydrogens (primary N) is 1. The van der Waals surface area contributed by atoms with E-state index in [1.165, 1.54) is 76.6 Å². The van der Waals surface area contributed by atoms with Gasteiger partial charge in [0.25, 0.3) is 0 Å². The maximum absolute atomic E-state index is 12.4. The number of aromatic nitrogens is 4. The van der Waals surface area contributed by atoms with E-state index < -0.39 is 0 Å². The van der Waals surface area contributed by atoms with E-state index >= 15 is 0 Å². The molecule has 6 aliphatic carbocycles. The van der Waals surface area contributed by atoms with Crippen LogP contribution in [0, 0.1) is 0 Å². The zero-order valence-electron chi connectivity index (χ0n) is 35.6. The van der Waals surface area contributed by atoms with Gasteiger partial charge < -0.3 is 26.4 Å². The number of nitrogens with zero attached hydrogens (tertiary/aromatic N) is 4. The number of carbonyl (C=O) groups excluding carboxylic acids is 1. The summed E-state index contributed by atoms with van der Waals surface area (Å²) in [5.74, 6) is 2.65. The Morgan fingerprint density at radius 2 is 1.13 bits per heavy atom. The van der Waals surface area contributed by atoms with Gasteiger partial charge in [-0.1, -0.05) is 91.0 Å². The van der Waals surface area contributed by atoms with Gasteiger partial charge in [-0.05, 0) is 130 Å². The SMILES string of the molecule is N[C@H]1CCC[C@@H](Nc2ncc(C3CC3)c(C3=CCc4ccccc43)n2)C1.O=C(N[C@H]1CCC[C@@H](Nc2ncc(C3CC3)c(C3=CCc4ccccc43)n2)C1)OCc1ccccc1. The Bertz CT molecular complexity index is 2460. The number of hydrogen-bond acceptors (Lipinski definition) is 9. The number of hydrogen-bond donors (Lipinski definition) is 4. The zero-order chi connectivity index (χ0) is 41.8. The summed E-state index contributed by atoms with van der Waals surface area (Å²) in [6.07, 6.45) is 23.6. The number of nitrogens with one attached hydrogen (secondary N) is 3. The fraction of sp³-hybridized carbons (Fsp3) is 0.404. The maximum atomic E-state index is 12.4. The minimum Gasteiger partial charge on any atom is -0.445 e. The molecule has 318 valence electrons. The number of benzene rings is 3. The minimum absolute atomic E-state index is 0.0779. The van der Waals surface area contributed by atoms with Crippen LogP contribution in [0.4, 0.5) is 16.7 Å². The van der Waals surface area contributed by atoms with Crippen molar-refractivity contribution in [3.8, 4) is 0 Å². The molecule has 0 spiro atoms. The van der Waals surface area contributed by atoms with Crippen LogP contribution in [0.1, 0.15) is 139 Å². The second-order valence-electron chi connectivity index (χ2n) is 18.2. The standard InChI is InChI=1S/C30H32N4O2.C22H26N4/c35-30(36-19-20-7-2-1-3-8-20)33-24-11-6-10-23(17-24)32-29-31-18-27(22-13-14-22)28(34-29)26-16-15-21-9-4-5-12-25(21)26;23-16-5-3-6-17(12-16)25-22-24-13-20(15-8-9-15)21(26-22)19-11-10-14-4-1-2-7-18(14)19/h1-5,7-9,12,16,18,22-24H,6,10-11,13-15,17,19H2,(H,33,35)(H,31,32,34);1-2,4,7,11,13,15-17H,3,5-6,8-10,12,23H2,(H,24,25,26)/t23-,24+;16-,17+/m10/s1. The molecule has 6 aliphatic rings. The first kappa shape index (κ1) is 40.2. The van der Waals surface area contributed by atoms with E-state index in [1.807, 2.05) is 36.5 Å². The Kier molecular flexibility index (Phi) is 11.8. The molecule has 0 radical (unpaired) electrons. The van der Waals surface area contributed by atoms with Crippen molar-refractivity contribution in [1.82, 2.24) is 25.3 Å². The third-order valence-electron chi connectivity index (χ3n) is 13.4. The van der Waals surface area contributed by atoms with Crippen LogP contribution in [0.3, 0.4) is 0 Å². The number of allylic oxidation sites excluding steroid dienone is 2. The molecule has 0 bridgehead atoms. The highest BCUT2D eigenvalue weighted by Crippen LogP contribution is 2.46. The molecule has 1 amide bonds. The average Bonchev–Trinajstić information content (AvgIpc) is 4.24. The monoisotopic (exact) mass is 826 g/mol. The first-order valence-electron chi connectivity index (χ1n) is 23.1. The van der Waals surface area contributed by atoms with Crippen LogP contribution in [0.15, 0.2) is 103 Å². The molecule has 2 aromatic heterocycles. The molecule has 10 nitrogen and oxygen atoms in total. The number of alkyl carbamates (subject to hydrolysis) is 1. The third-order valence-corrected chi connectivity index (χ3v) is 13.4. The predicted molar refractivity (Wildman–Crippen MR) is 246 cm³/mol. The molecule has 3 aromatic carbocycles. The number of rotatable bonds is 11. The van der Waals surface area contributed by atoms with Crippen molar-refractivity contribution < 1.29 is 9.53 Å². The molecule has 2 heterocycles. The van der Waals surface area contributed by atoms with Crippen molar-refractivity contribution in [2.24, 2.45) is 5.73 Å². The van der Waals surface area contributed by atoms with Crippen molar-refractivity contribution in [3.63, 3.8) is 0 Å². The summed E-state index contributed by atoms with van der Waals surface area (Å²) < 4.78 is 5.43. The van der Waals surface area contributed by atoms with Gasteiger partial charge in [0, 0.05) is 58.8 Å². The Morgan fingerprint density at radius 1 is 0.613 bits per heavy atom. The quantitative estimate of drug-likeness (QED) is 0.102. The molecule has 5 aromatic rings. The summed E-state index contributed by atoms with van der Waals surface area (Å²) in [6, 6.07) is 28.0. The molecule has 4 fully saturated rings. The lowest BCUT2D eigenvalue weighted by atomic mass is 9.91. The van der Waals surface area contributed by atoms with Gasteiger partial charge in [-0.2, -0.15) is 0 Å². The third kappa shape index (κ3) is 9.45. The normalized spacial score (nSPS) is 22.5. The van der Waals surface area contributed by atoms with Gasteiger partial charge >= 0.3 is 6.09 Å². The molecule has 0 unspecified atom stereocenters. The highest BCUT2D eigenvalue weighted by molar-refractivity contribution is 5.86. The molecular formula is C52H58N8O2. The molecule has 4 saturated carbocycles. The van der Waals surface area contributed by atoms with E-state index in [4.69, 9.17) is 25.4 Å². The van der Waals surface area contributed by atoms with Gasteiger partial charge in [0.15, 0.2) is 0 Å². The first-order valence-corrected chi connectivity index (χ1v) is 23.1. The summed E-state index contributed by atoms with van der Waals surface area (Å²) in [5, 5.41) is 10.2. The van der Waals surface area contributed by atoms with Crippen molar-refractivity contribution in [2.75, 3.05) is 10.6 Å². The Morgan fingerprint density at radius 3 is 1.69 bits per heavy atom. The lowest BCUT2D eigenvalue weighted by Crippen LogP contribution is -2.42. The summed E-state index contributed by atoms with van der Waals surface area (Å²) >= 11 is 0. The summed E-state index contributed by atoms with van der Waals surface area (Å²) in [4.78, 5) is 31.8. The van der Waals surface area contributed by atoms with Gasteiger partial charge in [0.1, 0.15) is 6.61 Å². The van der Waals surface area contributed by atoms with E-state index in [2.05, 4.69) is 87.8 Å². The molecule has 11 rings (SSSR count). The molecule has 0 saturated heterocycles. The zero-order valence-corrected chi connectivity index (χ0v) is 35.6. The van der Waals surface area contributed by atoms with E-state index in [1.54, 1.807) is 0 Å². The van der Waals surface area contributed by atoms with Gasteiger partial charge in [0.2, 0.25) is 11.9 Å². The van der Waals surface area contributed by atoms with Gasteiger partial charge in [-0.15, -0.1) is 0 Å². The number of carbonyl (C=O) groups is 1. The molecule has 4 atom stereocenters. The smallest absolute Gasteiger partial charge is 0.407 e. The van der Waals surface area contributed by atoms with Crippen molar-refractivity contribution in [2.45, 2.75) is 133 Å². The van der Waals surface area contributed by atoms with Crippen molar-refractivity contribution in [3.05, 3.63) is 154 Å². The van der Waals surface area contributed by atoms with E-state index in [9.17, 15) is 4.79 Å². The molecule has 5 N–H and O–H groups in total. The Balaban J connectivity index is 0.000000156. The fourth-order valence-electron chi connectivity index (χ4n) is 9.86. The second-order valence-corrected chi connectivity index (χ2v) is 18.2. The fourth-order valence-corrected chi connectivity index (χ4v) is 9.86. The number of ether oxygens (including phenoxy) is 1. The second kappa shape index (κ2) is 18.2. The average molecular weight is 827 g/mol. The number of fused-ring (bicyclic) bond motifs is 2. The Hall–Kier alpha value is -5.87. The van der Waals surface area contributed by atoms with E-state index in [-0.39, 0.29) is 24.8 Å². The predicted octanol–water partition coefficient (Wildman–Crippen LogP) is 10.0. The maximum Gasteiger partial charge on any atom is 0.407 e. The Labute approximate surface area is 365 Å². The van der Waals surface area contributed by atoms with Crippen LogP contribution in [0.5, 0.6) is 0 Å².